The molecule has 0 N–H and O–H groups in total. The SMILES string of the molecule is CCCCCCCCC=CCCCCCCCC(=O)OC(CO[Si](C)(C)C)CO[Si](C)(C)C. The fourth-order valence-corrected chi connectivity index (χ4v) is 4.76. The fraction of sp³-hybridized carbons (Fsp3) is 0.889. The van der Waals surface area contributed by atoms with Crippen LogP contribution in [0.4, 0.5) is 0 Å². The standard InChI is InChI=1S/C27H56O4Si2/c1-8-9-10-11-12-13-14-15-16-17-18-19-20-21-22-23-27(28)31-26(24-29-32(2,3)4)25-30-33(5,6)7/h15-16,26H,8-14,17-25H2,1-7H3. The highest BCUT2D eigenvalue weighted by atomic mass is 28.4. The highest BCUT2D eigenvalue weighted by Gasteiger charge is 2.23. The number of unbranched alkanes of at least 4 members (excludes halogenated alkanes) is 11. The Labute approximate surface area is 208 Å². The first-order valence-corrected chi connectivity index (χ1v) is 20.5. The molecule has 196 valence electrons. The van der Waals surface area contributed by atoms with Crippen LogP contribution in [0.15, 0.2) is 12.2 Å². The molecule has 0 spiro atoms. The Hall–Kier alpha value is -0.436. The van der Waals surface area contributed by atoms with Gasteiger partial charge in [-0.25, -0.2) is 0 Å². The predicted molar refractivity (Wildman–Crippen MR) is 148 cm³/mol. The molecule has 0 heterocycles. The van der Waals surface area contributed by atoms with Crippen LogP contribution in [0.25, 0.3) is 0 Å². The summed E-state index contributed by atoms with van der Waals surface area (Å²) in [5, 5.41) is 0. The van der Waals surface area contributed by atoms with Crippen molar-refractivity contribution in [3.63, 3.8) is 0 Å². The lowest BCUT2D eigenvalue weighted by molar-refractivity contribution is -0.152. The molecule has 0 aliphatic heterocycles. The maximum Gasteiger partial charge on any atom is 0.306 e. The first-order chi connectivity index (χ1) is 15.5. The van der Waals surface area contributed by atoms with E-state index in [1.807, 2.05) is 0 Å². The van der Waals surface area contributed by atoms with Gasteiger partial charge in [0.2, 0.25) is 0 Å². The van der Waals surface area contributed by atoms with Crippen molar-refractivity contribution in [2.75, 3.05) is 13.2 Å². The van der Waals surface area contributed by atoms with Gasteiger partial charge in [-0.15, -0.1) is 0 Å². The zero-order chi connectivity index (χ0) is 25.0. The molecule has 0 radical (unpaired) electrons. The first kappa shape index (κ1) is 32.6. The molecule has 4 nitrogen and oxygen atoms in total. The van der Waals surface area contributed by atoms with Crippen LogP contribution in [0.3, 0.4) is 0 Å². The summed E-state index contributed by atoms with van der Waals surface area (Å²) in [6, 6.07) is 0. The van der Waals surface area contributed by atoms with Gasteiger partial charge in [0, 0.05) is 6.42 Å². The van der Waals surface area contributed by atoms with E-state index in [9.17, 15) is 4.79 Å². The summed E-state index contributed by atoms with van der Waals surface area (Å²) in [5.41, 5.74) is 0. The van der Waals surface area contributed by atoms with Crippen molar-refractivity contribution < 1.29 is 18.4 Å². The van der Waals surface area contributed by atoms with Crippen molar-refractivity contribution in [1.82, 2.24) is 0 Å². The van der Waals surface area contributed by atoms with Gasteiger partial charge in [-0.05, 0) is 71.4 Å². The Kier molecular flexibility index (Phi) is 19.6. The summed E-state index contributed by atoms with van der Waals surface area (Å²) in [6.07, 6.45) is 21.3. The molecule has 0 aliphatic carbocycles. The predicted octanol–water partition coefficient (Wildman–Crippen LogP) is 8.64. The summed E-state index contributed by atoms with van der Waals surface area (Å²) >= 11 is 0. The van der Waals surface area contributed by atoms with E-state index in [2.05, 4.69) is 58.4 Å². The topological polar surface area (TPSA) is 44.8 Å². The minimum atomic E-state index is -1.65. The highest BCUT2D eigenvalue weighted by Crippen LogP contribution is 2.13. The number of hydrogen-bond donors (Lipinski definition) is 0. The van der Waals surface area contributed by atoms with Gasteiger partial charge in [0.1, 0.15) is 6.10 Å². The van der Waals surface area contributed by atoms with Gasteiger partial charge in [0.15, 0.2) is 16.6 Å². The summed E-state index contributed by atoms with van der Waals surface area (Å²) < 4.78 is 17.7. The molecule has 33 heavy (non-hydrogen) atoms. The average Bonchev–Trinajstić information content (AvgIpc) is 2.71. The average molecular weight is 501 g/mol. The molecule has 0 unspecified atom stereocenters. The van der Waals surface area contributed by atoms with Crippen molar-refractivity contribution in [2.45, 2.75) is 142 Å². The van der Waals surface area contributed by atoms with Crippen molar-refractivity contribution in [3.05, 3.63) is 12.2 Å². The molecule has 0 atom stereocenters. The molecule has 0 bridgehead atoms. The number of allylic oxidation sites excluding steroid dienone is 2. The number of esters is 1. The van der Waals surface area contributed by atoms with Crippen LogP contribution in [-0.4, -0.2) is 41.9 Å². The second-order valence-electron chi connectivity index (χ2n) is 11.3. The summed E-state index contributed by atoms with van der Waals surface area (Å²) in [6.45, 7) is 16.1. The zero-order valence-electron chi connectivity index (χ0n) is 23.2. The summed E-state index contributed by atoms with van der Waals surface area (Å²) in [4.78, 5) is 12.3. The smallest absolute Gasteiger partial charge is 0.306 e. The highest BCUT2D eigenvalue weighted by molar-refractivity contribution is 6.70. The minimum absolute atomic E-state index is 0.115. The summed E-state index contributed by atoms with van der Waals surface area (Å²) in [7, 11) is -3.30. The molecule has 0 amide bonds. The van der Waals surface area contributed by atoms with E-state index >= 15 is 0 Å². The molecule has 0 aromatic heterocycles. The maximum atomic E-state index is 12.3. The number of ether oxygens (including phenoxy) is 1. The van der Waals surface area contributed by atoms with Crippen LogP contribution >= 0.6 is 0 Å². The molecule has 0 aliphatic rings. The van der Waals surface area contributed by atoms with Crippen LogP contribution in [0.1, 0.15) is 96.8 Å². The van der Waals surface area contributed by atoms with Gasteiger partial charge in [0.25, 0.3) is 0 Å². The zero-order valence-corrected chi connectivity index (χ0v) is 25.2. The van der Waals surface area contributed by atoms with Gasteiger partial charge < -0.3 is 13.6 Å². The lowest BCUT2D eigenvalue weighted by atomic mass is 10.1. The third-order valence-corrected chi connectivity index (χ3v) is 7.41. The van der Waals surface area contributed by atoms with Crippen molar-refractivity contribution in [3.8, 4) is 0 Å². The minimum Gasteiger partial charge on any atom is -0.458 e. The van der Waals surface area contributed by atoms with E-state index in [0.29, 0.717) is 19.6 Å². The van der Waals surface area contributed by atoms with Crippen LogP contribution in [-0.2, 0) is 18.4 Å². The van der Waals surface area contributed by atoms with Gasteiger partial charge in [-0.1, -0.05) is 70.4 Å². The lowest BCUT2D eigenvalue weighted by Gasteiger charge is -2.26. The van der Waals surface area contributed by atoms with Crippen LogP contribution in [0, 0.1) is 0 Å². The number of rotatable bonds is 22. The molecule has 6 heteroatoms. The van der Waals surface area contributed by atoms with Crippen molar-refractivity contribution >= 4 is 22.6 Å². The Bertz CT molecular complexity index is 477. The Morgan fingerprint density at radius 2 is 1.09 bits per heavy atom. The van der Waals surface area contributed by atoms with Crippen LogP contribution in [0.5, 0.6) is 0 Å². The van der Waals surface area contributed by atoms with Gasteiger partial charge >= 0.3 is 5.97 Å². The Morgan fingerprint density at radius 3 is 1.55 bits per heavy atom. The fourth-order valence-electron chi connectivity index (χ4n) is 3.39. The third-order valence-electron chi connectivity index (χ3n) is 5.35. The molecule has 0 aromatic carbocycles. The molecular formula is C27H56O4Si2. The maximum absolute atomic E-state index is 12.3. The summed E-state index contributed by atoms with van der Waals surface area (Å²) in [5.74, 6) is -0.115. The first-order valence-electron chi connectivity index (χ1n) is 13.7. The van der Waals surface area contributed by atoms with Gasteiger partial charge in [-0.3, -0.25) is 4.79 Å². The number of carbonyl (C=O) groups excluding carboxylic acids is 1. The van der Waals surface area contributed by atoms with Crippen molar-refractivity contribution in [1.29, 1.82) is 0 Å². The van der Waals surface area contributed by atoms with E-state index in [4.69, 9.17) is 13.6 Å². The largest absolute Gasteiger partial charge is 0.458 e. The van der Waals surface area contributed by atoms with Crippen molar-refractivity contribution in [2.24, 2.45) is 0 Å². The molecule has 0 saturated carbocycles. The van der Waals surface area contributed by atoms with E-state index in [-0.39, 0.29) is 12.1 Å². The number of hydrogen-bond acceptors (Lipinski definition) is 4. The van der Waals surface area contributed by atoms with Gasteiger partial charge in [0.05, 0.1) is 13.2 Å². The number of carbonyl (C=O) groups is 1. The molecule has 0 aromatic rings. The monoisotopic (exact) mass is 500 g/mol. The van der Waals surface area contributed by atoms with E-state index in [0.717, 1.165) is 12.8 Å². The van der Waals surface area contributed by atoms with Crippen LogP contribution in [0.2, 0.25) is 39.3 Å². The quantitative estimate of drug-likeness (QED) is 0.0645. The van der Waals surface area contributed by atoms with E-state index in [1.165, 1.54) is 70.6 Å². The second-order valence-corrected chi connectivity index (χ2v) is 20.3. The second kappa shape index (κ2) is 19.8. The molecule has 0 fully saturated rings. The molecule has 0 rings (SSSR count). The molecule has 0 saturated heterocycles. The normalized spacial score (nSPS) is 12.7. The van der Waals surface area contributed by atoms with Gasteiger partial charge in [-0.2, -0.15) is 0 Å². The van der Waals surface area contributed by atoms with E-state index in [1.54, 1.807) is 0 Å². The van der Waals surface area contributed by atoms with Crippen LogP contribution < -0.4 is 0 Å². The Balaban J connectivity index is 3.82. The molecular weight excluding hydrogens is 444 g/mol. The third kappa shape index (κ3) is 26.0. The Morgan fingerprint density at radius 1 is 0.667 bits per heavy atom. The van der Waals surface area contributed by atoms with E-state index < -0.39 is 16.6 Å². The lowest BCUT2D eigenvalue weighted by Crippen LogP contribution is -2.38.